The summed E-state index contributed by atoms with van der Waals surface area (Å²) in [4.78, 5) is 24.4. The van der Waals surface area contributed by atoms with Crippen molar-refractivity contribution in [3.05, 3.63) is 29.3 Å². The lowest BCUT2D eigenvalue weighted by Gasteiger charge is -2.56. The van der Waals surface area contributed by atoms with Crippen molar-refractivity contribution in [2.24, 2.45) is 17.8 Å². The molecule has 0 aromatic heterocycles. The highest BCUT2D eigenvalue weighted by molar-refractivity contribution is 5.98. The van der Waals surface area contributed by atoms with Gasteiger partial charge in [-0.15, -0.1) is 0 Å². The van der Waals surface area contributed by atoms with E-state index in [2.05, 4.69) is 10.6 Å². The van der Waals surface area contributed by atoms with E-state index in [1.165, 1.54) is 38.5 Å². The number of carbonyl (C=O) groups excluding carboxylic acids is 2. The zero-order valence-electron chi connectivity index (χ0n) is 13.9. The molecule has 1 aliphatic heterocycles. The van der Waals surface area contributed by atoms with Crippen LogP contribution in [0.3, 0.4) is 0 Å². The Kier molecular flexibility index (Phi) is 3.07. The molecule has 1 aromatic rings. The molecule has 4 nitrogen and oxygen atoms in total. The molecule has 2 amide bonds. The van der Waals surface area contributed by atoms with E-state index in [9.17, 15) is 9.59 Å². The Morgan fingerprint density at radius 1 is 1.04 bits per heavy atom. The van der Waals surface area contributed by atoms with Gasteiger partial charge in [0, 0.05) is 23.2 Å². The van der Waals surface area contributed by atoms with Crippen LogP contribution in [0, 0.1) is 17.8 Å². The van der Waals surface area contributed by atoms with Gasteiger partial charge in [0.25, 0.3) is 5.91 Å². The number of carbonyl (C=O) groups is 2. The molecule has 0 saturated heterocycles. The molecule has 4 saturated carbocycles. The fourth-order valence-electron chi connectivity index (χ4n) is 6.10. The molecule has 5 aliphatic rings. The molecule has 0 spiro atoms. The number of anilines is 1. The van der Waals surface area contributed by atoms with Crippen molar-refractivity contribution in [1.29, 1.82) is 0 Å². The van der Waals surface area contributed by atoms with Crippen molar-refractivity contribution in [1.82, 2.24) is 5.32 Å². The summed E-state index contributed by atoms with van der Waals surface area (Å²) in [6.07, 6.45) is 8.89. The zero-order valence-corrected chi connectivity index (χ0v) is 13.9. The van der Waals surface area contributed by atoms with Crippen molar-refractivity contribution < 1.29 is 9.59 Å². The smallest absolute Gasteiger partial charge is 0.251 e. The molecule has 2 N–H and O–H groups in total. The molecule has 126 valence electrons. The second kappa shape index (κ2) is 5.08. The van der Waals surface area contributed by atoms with Gasteiger partial charge in [-0.05, 0) is 86.5 Å². The number of benzene rings is 1. The van der Waals surface area contributed by atoms with Crippen LogP contribution in [0.1, 0.15) is 60.9 Å². The van der Waals surface area contributed by atoms with Crippen LogP contribution < -0.4 is 10.6 Å². The van der Waals surface area contributed by atoms with Crippen molar-refractivity contribution in [3.8, 4) is 0 Å². The number of amides is 2. The van der Waals surface area contributed by atoms with Gasteiger partial charge < -0.3 is 10.6 Å². The molecular formula is C20H24N2O2. The third-order valence-electron chi connectivity index (χ3n) is 6.68. The van der Waals surface area contributed by atoms with Crippen LogP contribution in [0.4, 0.5) is 5.69 Å². The number of nitrogens with one attached hydrogen (secondary N) is 2. The first-order chi connectivity index (χ1) is 11.6. The van der Waals surface area contributed by atoms with Gasteiger partial charge in [0.2, 0.25) is 5.91 Å². The lowest BCUT2D eigenvalue weighted by molar-refractivity contribution is -0.116. The number of aryl methyl sites for hydroxylation is 1. The van der Waals surface area contributed by atoms with E-state index < -0.39 is 0 Å². The van der Waals surface area contributed by atoms with Crippen LogP contribution in [0.25, 0.3) is 0 Å². The number of hydrogen-bond acceptors (Lipinski definition) is 2. The molecule has 4 aliphatic carbocycles. The Bertz CT molecular complexity index is 689. The van der Waals surface area contributed by atoms with Crippen molar-refractivity contribution >= 4 is 17.5 Å². The minimum atomic E-state index is 0.0515. The summed E-state index contributed by atoms with van der Waals surface area (Å²) in [5.41, 5.74) is 2.72. The fourth-order valence-corrected chi connectivity index (χ4v) is 6.10. The highest BCUT2D eigenvalue weighted by Crippen LogP contribution is 2.55. The predicted molar refractivity (Wildman–Crippen MR) is 91.8 cm³/mol. The van der Waals surface area contributed by atoms with E-state index in [4.69, 9.17) is 0 Å². The van der Waals surface area contributed by atoms with E-state index in [0.29, 0.717) is 6.42 Å². The molecular weight excluding hydrogens is 300 g/mol. The molecule has 4 fully saturated rings. The fraction of sp³-hybridized carbons (Fsp3) is 0.600. The quantitative estimate of drug-likeness (QED) is 0.877. The lowest BCUT2D eigenvalue weighted by atomic mass is 9.53. The molecule has 4 bridgehead atoms. The van der Waals surface area contributed by atoms with E-state index in [0.717, 1.165) is 41.0 Å². The van der Waals surface area contributed by atoms with E-state index in [1.54, 1.807) is 0 Å². The normalized spacial score (nSPS) is 36.2. The van der Waals surface area contributed by atoms with Crippen LogP contribution in [0.2, 0.25) is 0 Å². The molecule has 24 heavy (non-hydrogen) atoms. The topological polar surface area (TPSA) is 58.2 Å². The van der Waals surface area contributed by atoms with Gasteiger partial charge in [0.15, 0.2) is 0 Å². The van der Waals surface area contributed by atoms with Crippen LogP contribution in [0.5, 0.6) is 0 Å². The third kappa shape index (κ3) is 2.35. The van der Waals surface area contributed by atoms with Gasteiger partial charge in [0.05, 0.1) is 0 Å². The highest BCUT2D eigenvalue weighted by Gasteiger charge is 2.51. The van der Waals surface area contributed by atoms with Crippen LogP contribution in [0.15, 0.2) is 18.2 Å². The SMILES string of the molecule is O=C1CCc2cc(C(=O)NC34CC5CC(CC(C5)C3)C4)ccc2N1. The van der Waals surface area contributed by atoms with Crippen molar-refractivity contribution in [3.63, 3.8) is 0 Å². The van der Waals surface area contributed by atoms with Crippen LogP contribution in [-0.2, 0) is 11.2 Å². The van der Waals surface area contributed by atoms with E-state index in [-0.39, 0.29) is 17.4 Å². The standard InChI is InChI=1S/C20H24N2O2/c23-18-4-2-15-8-16(1-3-17(15)21-18)19(24)22-20-9-12-5-13(10-20)7-14(6-12)11-20/h1,3,8,12-14H,2,4-7,9-11H2,(H,21,23)(H,22,24). The molecule has 0 radical (unpaired) electrons. The molecule has 6 rings (SSSR count). The first-order valence-corrected chi connectivity index (χ1v) is 9.34. The summed E-state index contributed by atoms with van der Waals surface area (Å²) in [6, 6.07) is 5.69. The Labute approximate surface area is 142 Å². The average molecular weight is 324 g/mol. The average Bonchev–Trinajstić information content (AvgIpc) is 2.52. The minimum absolute atomic E-state index is 0.0515. The Morgan fingerprint density at radius 3 is 2.38 bits per heavy atom. The molecule has 1 heterocycles. The first kappa shape index (κ1) is 14.5. The predicted octanol–water partition coefficient (Wildman–Crippen LogP) is 3.27. The molecule has 0 unspecified atom stereocenters. The molecule has 4 heteroatoms. The summed E-state index contributed by atoms with van der Waals surface area (Å²) in [5.74, 6) is 2.62. The monoisotopic (exact) mass is 324 g/mol. The molecule has 1 aromatic carbocycles. The minimum Gasteiger partial charge on any atom is -0.347 e. The van der Waals surface area contributed by atoms with Crippen molar-refractivity contribution in [2.75, 3.05) is 5.32 Å². The Hall–Kier alpha value is -1.84. The van der Waals surface area contributed by atoms with Gasteiger partial charge in [-0.25, -0.2) is 0 Å². The van der Waals surface area contributed by atoms with Gasteiger partial charge >= 0.3 is 0 Å². The van der Waals surface area contributed by atoms with E-state index >= 15 is 0 Å². The first-order valence-electron chi connectivity index (χ1n) is 9.34. The van der Waals surface area contributed by atoms with Gasteiger partial charge in [0.1, 0.15) is 0 Å². The third-order valence-corrected chi connectivity index (χ3v) is 6.68. The number of hydrogen-bond donors (Lipinski definition) is 2. The summed E-state index contributed by atoms with van der Waals surface area (Å²) < 4.78 is 0. The van der Waals surface area contributed by atoms with Gasteiger partial charge in [-0.2, -0.15) is 0 Å². The lowest BCUT2D eigenvalue weighted by Crippen LogP contribution is -2.59. The largest absolute Gasteiger partial charge is 0.347 e. The van der Waals surface area contributed by atoms with Crippen LogP contribution in [-0.4, -0.2) is 17.4 Å². The summed E-state index contributed by atoms with van der Waals surface area (Å²) in [6.45, 7) is 0. The number of fused-ring (bicyclic) bond motifs is 1. The van der Waals surface area contributed by atoms with Gasteiger partial charge in [-0.1, -0.05) is 0 Å². The maximum absolute atomic E-state index is 12.9. The maximum atomic E-state index is 12.9. The van der Waals surface area contributed by atoms with Crippen molar-refractivity contribution in [2.45, 2.75) is 56.9 Å². The second-order valence-electron chi connectivity index (χ2n) is 8.57. The summed E-state index contributed by atoms with van der Waals surface area (Å²) in [5, 5.41) is 6.31. The number of rotatable bonds is 2. The van der Waals surface area contributed by atoms with Gasteiger partial charge in [-0.3, -0.25) is 9.59 Å². The molecule has 0 atom stereocenters. The Balaban J connectivity index is 1.37. The van der Waals surface area contributed by atoms with Crippen LogP contribution >= 0.6 is 0 Å². The zero-order chi connectivity index (χ0) is 16.3. The summed E-state index contributed by atoms with van der Waals surface area (Å²) >= 11 is 0. The highest BCUT2D eigenvalue weighted by atomic mass is 16.2. The Morgan fingerprint density at radius 2 is 1.71 bits per heavy atom. The van der Waals surface area contributed by atoms with E-state index in [1.807, 2.05) is 18.2 Å². The second-order valence-corrected chi connectivity index (χ2v) is 8.57. The summed E-state index contributed by atoms with van der Waals surface area (Å²) in [7, 11) is 0. The maximum Gasteiger partial charge on any atom is 0.251 e.